The molecule has 2 aromatic rings. The van der Waals surface area contributed by atoms with E-state index in [-0.39, 0.29) is 23.0 Å². The largest absolute Gasteiger partial charge is 0.496 e. The van der Waals surface area contributed by atoms with Gasteiger partial charge in [0.2, 0.25) is 0 Å². The van der Waals surface area contributed by atoms with Gasteiger partial charge in [0, 0.05) is 31.8 Å². The molecule has 0 bridgehead atoms. The molecule has 2 aliphatic rings. The number of carbonyl (C=O) groups is 1. The van der Waals surface area contributed by atoms with Crippen LogP contribution in [0.3, 0.4) is 0 Å². The van der Waals surface area contributed by atoms with Crippen LogP contribution >= 0.6 is 11.6 Å². The second kappa shape index (κ2) is 11.3. The number of pyridine rings is 1. The lowest BCUT2D eigenvalue weighted by Gasteiger charge is -2.32. The Kier molecular flexibility index (Phi) is 8.37. The Labute approximate surface area is 216 Å². The summed E-state index contributed by atoms with van der Waals surface area (Å²) < 4.78 is 35.9. The summed E-state index contributed by atoms with van der Waals surface area (Å²) in [6, 6.07) is 0.620. The zero-order chi connectivity index (χ0) is 25.9. The minimum atomic E-state index is -2.78. The van der Waals surface area contributed by atoms with Crippen LogP contribution in [0.2, 0.25) is 5.02 Å². The fourth-order valence-corrected chi connectivity index (χ4v) is 5.56. The van der Waals surface area contributed by atoms with Crippen molar-refractivity contribution in [3.05, 3.63) is 23.0 Å². The third-order valence-corrected chi connectivity index (χ3v) is 7.88. The maximum atomic E-state index is 14.3. The summed E-state index contributed by atoms with van der Waals surface area (Å²) in [5.41, 5.74) is 1.21. The number of amides is 1. The van der Waals surface area contributed by atoms with Gasteiger partial charge in [-0.3, -0.25) is 9.48 Å². The summed E-state index contributed by atoms with van der Waals surface area (Å²) >= 11 is 6.70. The topological polar surface area (TPSA) is 81.1 Å². The van der Waals surface area contributed by atoms with Crippen molar-refractivity contribution in [3.8, 4) is 17.0 Å². The number of ether oxygens (including phenoxy) is 1. The number of nitrogens with one attached hydrogen (secondary N) is 2. The summed E-state index contributed by atoms with van der Waals surface area (Å²) in [6.07, 6.45) is 7.65. The Hall–Kier alpha value is -2.42. The number of aromatic nitrogens is 3. The molecule has 36 heavy (non-hydrogen) atoms. The average Bonchev–Trinajstić information content (AvgIpc) is 3.20. The highest BCUT2D eigenvalue weighted by atomic mass is 35.5. The van der Waals surface area contributed by atoms with Crippen molar-refractivity contribution in [2.24, 2.45) is 11.8 Å². The summed E-state index contributed by atoms with van der Waals surface area (Å²) in [5, 5.41) is 10.6. The van der Waals surface area contributed by atoms with E-state index in [1.54, 1.807) is 10.7 Å². The average molecular weight is 524 g/mol. The molecule has 0 spiro atoms. The molecule has 1 amide bonds. The van der Waals surface area contributed by atoms with Crippen LogP contribution in [0.1, 0.15) is 75.7 Å². The molecule has 2 aromatic heterocycles. The molecular formula is C26H36ClF2N5O2. The molecule has 10 heteroatoms. The quantitative estimate of drug-likeness (QED) is 0.432. The molecule has 1 unspecified atom stereocenters. The van der Waals surface area contributed by atoms with Crippen molar-refractivity contribution in [1.82, 2.24) is 20.1 Å². The van der Waals surface area contributed by atoms with Gasteiger partial charge in [0.15, 0.2) is 5.69 Å². The Morgan fingerprint density at radius 3 is 2.67 bits per heavy atom. The second-order valence-electron chi connectivity index (χ2n) is 10.1. The maximum absolute atomic E-state index is 14.3. The zero-order valence-electron chi connectivity index (χ0n) is 21.2. The first-order valence-electron chi connectivity index (χ1n) is 13.0. The molecule has 2 heterocycles. The van der Waals surface area contributed by atoms with E-state index in [0.29, 0.717) is 54.7 Å². The second-order valence-corrected chi connectivity index (χ2v) is 10.5. The van der Waals surface area contributed by atoms with Crippen LogP contribution in [0.25, 0.3) is 11.3 Å². The van der Waals surface area contributed by atoms with Gasteiger partial charge in [0.1, 0.15) is 11.6 Å². The molecule has 198 valence electrons. The normalized spacial score (nSPS) is 23.8. The van der Waals surface area contributed by atoms with Gasteiger partial charge in [-0.05, 0) is 44.4 Å². The molecule has 2 fully saturated rings. The SMILES string of the molecule is CCn1nc(C(=O)NCC2CCC(C)CC2)c(Cl)c1-c1cnc(NC2CCCCC2(F)F)cc1OC. The van der Waals surface area contributed by atoms with Gasteiger partial charge >= 0.3 is 0 Å². The molecule has 0 aliphatic heterocycles. The molecule has 2 N–H and O–H groups in total. The smallest absolute Gasteiger partial charge is 0.273 e. The Bertz CT molecular complexity index is 1070. The zero-order valence-corrected chi connectivity index (χ0v) is 22.0. The highest BCUT2D eigenvalue weighted by Crippen LogP contribution is 2.39. The first-order valence-corrected chi connectivity index (χ1v) is 13.3. The first-order chi connectivity index (χ1) is 17.2. The van der Waals surface area contributed by atoms with Crippen LogP contribution < -0.4 is 15.4 Å². The number of carbonyl (C=O) groups excluding carboxylic acids is 1. The predicted octanol–water partition coefficient (Wildman–Crippen LogP) is 6.17. The van der Waals surface area contributed by atoms with Crippen LogP contribution in [-0.2, 0) is 6.54 Å². The van der Waals surface area contributed by atoms with Crippen LogP contribution in [0.4, 0.5) is 14.6 Å². The van der Waals surface area contributed by atoms with Crippen LogP contribution in [-0.4, -0.2) is 46.3 Å². The van der Waals surface area contributed by atoms with Crippen molar-refractivity contribution < 1.29 is 18.3 Å². The van der Waals surface area contributed by atoms with Gasteiger partial charge in [0.05, 0.1) is 29.4 Å². The number of hydrogen-bond donors (Lipinski definition) is 2. The standard InChI is InChI=1S/C26H36ClF2N5O2/c1-4-34-24(22(27)23(33-34)25(35)31-14-17-10-8-16(2)9-11-17)18-15-30-21(13-19(18)36-3)32-20-7-5-6-12-26(20,28)29/h13,15-17,20H,4-12,14H2,1-3H3,(H,30,32)(H,31,35). The van der Waals surface area contributed by atoms with Crippen LogP contribution in [0.5, 0.6) is 5.75 Å². The number of methoxy groups -OCH3 is 1. The Morgan fingerprint density at radius 2 is 2.00 bits per heavy atom. The molecule has 1 atom stereocenters. The van der Waals surface area contributed by atoms with Gasteiger partial charge in [-0.15, -0.1) is 0 Å². The number of rotatable bonds is 8. The number of anilines is 1. The van der Waals surface area contributed by atoms with Crippen molar-refractivity contribution in [3.63, 3.8) is 0 Å². The van der Waals surface area contributed by atoms with Gasteiger partial charge < -0.3 is 15.4 Å². The van der Waals surface area contributed by atoms with E-state index in [0.717, 1.165) is 25.2 Å². The van der Waals surface area contributed by atoms with Crippen molar-refractivity contribution in [2.45, 2.75) is 83.7 Å². The van der Waals surface area contributed by atoms with Crippen molar-refractivity contribution in [1.29, 1.82) is 0 Å². The molecule has 7 nitrogen and oxygen atoms in total. The third kappa shape index (κ3) is 5.76. The predicted molar refractivity (Wildman–Crippen MR) is 137 cm³/mol. The van der Waals surface area contributed by atoms with E-state index in [4.69, 9.17) is 16.3 Å². The van der Waals surface area contributed by atoms with Gasteiger partial charge in [-0.1, -0.05) is 37.8 Å². The number of nitrogens with zero attached hydrogens (tertiary/aromatic N) is 3. The van der Waals surface area contributed by atoms with E-state index in [9.17, 15) is 13.6 Å². The molecule has 2 saturated carbocycles. The number of aryl methyl sites for hydroxylation is 1. The number of hydrogen-bond acceptors (Lipinski definition) is 5. The first kappa shape index (κ1) is 26.6. The van der Waals surface area contributed by atoms with Crippen molar-refractivity contribution in [2.75, 3.05) is 19.0 Å². The van der Waals surface area contributed by atoms with E-state index in [1.807, 2.05) is 6.92 Å². The van der Waals surface area contributed by atoms with E-state index < -0.39 is 12.0 Å². The minimum Gasteiger partial charge on any atom is -0.496 e. The van der Waals surface area contributed by atoms with Gasteiger partial charge in [0.25, 0.3) is 11.8 Å². The molecule has 4 rings (SSSR count). The summed E-state index contributed by atoms with van der Waals surface area (Å²) in [4.78, 5) is 17.3. The molecular weight excluding hydrogens is 488 g/mol. The van der Waals surface area contributed by atoms with Gasteiger partial charge in [-0.2, -0.15) is 5.10 Å². The van der Waals surface area contributed by atoms with Crippen LogP contribution in [0.15, 0.2) is 12.3 Å². The van der Waals surface area contributed by atoms with E-state index in [1.165, 1.54) is 26.1 Å². The number of alkyl halides is 2. The fraction of sp³-hybridized carbons (Fsp3) is 0.654. The Morgan fingerprint density at radius 1 is 1.25 bits per heavy atom. The minimum absolute atomic E-state index is 0.129. The van der Waals surface area contributed by atoms with Crippen LogP contribution in [0, 0.1) is 11.8 Å². The van der Waals surface area contributed by atoms with Gasteiger partial charge in [-0.25, -0.2) is 13.8 Å². The fourth-order valence-electron chi connectivity index (χ4n) is 5.24. The maximum Gasteiger partial charge on any atom is 0.273 e. The number of halogens is 3. The third-order valence-electron chi connectivity index (χ3n) is 7.52. The lowest BCUT2D eigenvalue weighted by Crippen LogP contribution is -2.42. The Balaban J connectivity index is 1.54. The summed E-state index contributed by atoms with van der Waals surface area (Å²) in [7, 11) is 1.50. The summed E-state index contributed by atoms with van der Waals surface area (Å²) in [5.74, 6) is -1.16. The van der Waals surface area contributed by atoms with E-state index in [2.05, 4.69) is 27.6 Å². The lowest BCUT2D eigenvalue weighted by atomic mass is 9.83. The van der Waals surface area contributed by atoms with Crippen molar-refractivity contribution >= 4 is 23.3 Å². The van der Waals surface area contributed by atoms with E-state index >= 15 is 0 Å². The summed E-state index contributed by atoms with van der Waals surface area (Å²) in [6.45, 7) is 5.25. The molecule has 0 saturated heterocycles. The monoisotopic (exact) mass is 523 g/mol. The molecule has 0 aromatic carbocycles. The molecule has 0 radical (unpaired) electrons. The molecule has 2 aliphatic carbocycles. The highest BCUT2D eigenvalue weighted by molar-refractivity contribution is 6.36. The highest BCUT2D eigenvalue weighted by Gasteiger charge is 2.41. The lowest BCUT2D eigenvalue weighted by molar-refractivity contribution is -0.0449.